The molecule has 35 heavy (non-hydrogen) atoms. The van der Waals surface area contributed by atoms with Crippen LogP contribution < -0.4 is 10.6 Å². The van der Waals surface area contributed by atoms with Gasteiger partial charge in [-0.15, -0.1) is 0 Å². The van der Waals surface area contributed by atoms with Crippen LogP contribution >= 0.6 is 11.6 Å². The lowest BCUT2D eigenvalue weighted by atomic mass is 9.70. The van der Waals surface area contributed by atoms with Gasteiger partial charge in [0.2, 0.25) is 17.7 Å². The number of amides is 3. The molecule has 2 unspecified atom stereocenters. The average Bonchev–Trinajstić information content (AvgIpc) is 3.50. The molecule has 2 aromatic rings. The van der Waals surface area contributed by atoms with Gasteiger partial charge in [0.25, 0.3) is 0 Å². The summed E-state index contributed by atoms with van der Waals surface area (Å²) >= 11 is 6.27. The summed E-state index contributed by atoms with van der Waals surface area (Å²) in [5.41, 5.74) is -0.0882. The quantitative estimate of drug-likeness (QED) is 0.545. The lowest BCUT2D eigenvalue weighted by molar-refractivity contribution is -0.143. The number of halogens is 1. The van der Waals surface area contributed by atoms with Crippen LogP contribution in [0.4, 0.5) is 11.4 Å². The van der Waals surface area contributed by atoms with Crippen molar-refractivity contribution in [3.05, 3.63) is 59.6 Å². The molecular formula is C26H28ClN3O5. The number of carbonyl (C=O) groups excluding carboxylic acids is 3. The van der Waals surface area contributed by atoms with E-state index in [9.17, 15) is 19.5 Å². The molecule has 2 bridgehead atoms. The molecule has 3 saturated heterocycles. The van der Waals surface area contributed by atoms with E-state index in [-0.39, 0.29) is 18.4 Å². The Labute approximate surface area is 208 Å². The molecule has 3 fully saturated rings. The van der Waals surface area contributed by atoms with E-state index in [1.54, 1.807) is 36.4 Å². The third-order valence-electron chi connectivity index (χ3n) is 7.54. The monoisotopic (exact) mass is 497 g/mol. The van der Waals surface area contributed by atoms with Crippen molar-refractivity contribution < 1.29 is 24.2 Å². The summed E-state index contributed by atoms with van der Waals surface area (Å²) in [5, 5.41) is 16.2. The maximum absolute atomic E-state index is 13.9. The highest BCUT2D eigenvalue weighted by molar-refractivity contribution is 6.33. The molecule has 0 aromatic heterocycles. The van der Waals surface area contributed by atoms with Crippen molar-refractivity contribution in [2.75, 3.05) is 17.2 Å². The fourth-order valence-electron chi connectivity index (χ4n) is 6.01. The SMILES string of the molecule is CC[C@@H](CO)N1C(=O)[C@@H]2[C@H](C(=O)Nc3ccccc3)[C@@H]3CCC2(O3)C1C(=O)Nc1ccccc1Cl. The molecule has 8 nitrogen and oxygen atoms in total. The minimum absolute atomic E-state index is 0.300. The zero-order valence-electron chi connectivity index (χ0n) is 19.3. The Kier molecular flexibility index (Phi) is 6.29. The van der Waals surface area contributed by atoms with Gasteiger partial charge in [-0.3, -0.25) is 14.4 Å². The smallest absolute Gasteiger partial charge is 0.250 e. The van der Waals surface area contributed by atoms with Gasteiger partial charge in [0, 0.05) is 5.69 Å². The normalized spacial score (nSPS) is 29.7. The summed E-state index contributed by atoms with van der Waals surface area (Å²) in [6, 6.07) is 14.3. The van der Waals surface area contributed by atoms with Crippen molar-refractivity contribution in [3.63, 3.8) is 0 Å². The van der Waals surface area contributed by atoms with Crippen LogP contribution in [0.25, 0.3) is 0 Å². The molecular weight excluding hydrogens is 470 g/mol. The Morgan fingerprint density at radius 3 is 2.54 bits per heavy atom. The highest BCUT2D eigenvalue weighted by atomic mass is 35.5. The van der Waals surface area contributed by atoms with Crippen LogP contribution in [0.3, 0.4) is 0 Å². The molecule has 5 rings (SSSR count). The van der Waals surface area contributed by atoms with Crippen LogP contribution in [0.2, 0.25) is 5.02 Å². The standard InChI is InChI=1S/C26H28ClN3O5/c1-2-16(14-31)30-22(24(33)29-18-11-7-6-10-17(18)27)26-13-12-19(35-26)20(21(26)25(30)34)23(32)28-15-8-4-3-5-9-15/h3-11,16,19-22,31H,2,12-14H2,1H3,(H,28,32)(H,29,33)/t16-,19-,20+,21-,22?,26?/m0/s1. The van der Waals surface area contributed by atoms with E-state index >= 15 is 0 Å². The Bertz CT molecular complexity index is 1140. The average molecular weight is 498 g/mol. The molecule has 0 radical (unpaired) electrons. The van der Waals surface area contributed by atoms with Crippen LogP contribution in [0.15, 0.2) is 54.6 Å². The number of aliphatic hydroxyl groups is 1. The first-order valence-corrected chi connectivity index (χ1v) is 12.3. The first-order valence-electron chi connectivity index (χ1n) is 11.9. The molecule has 184 valence electrons. The first-order chi connectivity index (χ1) is 16.9. The number of para-hydroxylation sites is 2. The minimum atomic E-state index is -1.14. The zero-order valence-corrected chi connectivity index (χ0v) is 20.1. The zero-order chi connectivity index (χ0) is 24.7. The summed E-state index contributed by atoms with van der Waals surface area (Å²) in [6.45, 7) is 1.55. The number of anilines is 2. The number of likely N-dealkylation sites (tertiary alicyclic amines) is 1. The summed E-state index contributed by atoms with van der Waals surface area (Å²) in [4.78, 5) is 42.4. The van der Waals surface area contributed by atoms with Crippen LogP contribution in [0, 0.1) is 11.8 Å². The summed E-state index contributed by atoms with van der Waals surface area (Å²) < 4.78 is 6.40. The van der Waals surface area contributed by atoms with Gasteiger partial charge in [-0.05, 0) is 43.5 Å². The Hall–Kier alpha value is -2.94. The van der Waals surface area contributed by atoms with Crippen LogP contribution in [-0.4, -0.2) is 58.1 Å². The first kappa shape index (κ1) is 23.8. The molecule has 2 aromatic carbocycles. The van der Waals surface area contributed by atoms with E-state index < -0.39 is 41.5 Å². The van der Waals surface area contributed by atoms with Crippen LogP contribution in [0.1, 0.15) is 26.2 Å². The Morgan fingerprint density at radius 1 is 1.14 bits per heavy atom. The molecule has 3 N–H and O–H groups in total. The highest BCUT2D eigenvalue weighted by Gasteiger charge is 2.75. The van der Waals surface area contributed by atoms with Crippen molar-refractivity contribution in [3.8, 4) is 0 Å². The second kappa shape index (κ2) is 9.26. The minimum Gasteiger partial charge on any atom is -0.394 e. The highest BCUT2D eigenvalue weighted by Crippen LogP contribution is 2.59. The molecule has 0 aliphatic carbocycles. The third-order valence-corrected chi connectivity index (χ3v) is 7.87. The maximum atomic E-state index is 13.9. The fourth-order valence-corrected chi connectivity index (χ4v) is 6.19. The number of ether oxygens (including phenoxy) is 1. The van der Waals surface area contributed by atoms with Gasteiger partial charge < -0.3 is 25.4 Å². The summed E-state index contributed by atoms with van der Waals surface area (Å²) in [5.74, 6) is -2.61. The topological polar surface area (TPSA) is 108 Å². The molecule has 9 heteroatoms. The number of hydrogen-bond acceptors (Lipinski definition) is 5. The van der Waals surface area contributed by atoms with Crippen molar-refractivity contribution in [2.24, 2.45) is 11.8 Å². The van der Waals surface area contributed by atoms with Gasteiger partial charge in [0.05, 0.1) is 41.3 Å². The number of carbonyl (C=O) groups is 3. The van der Waals surface area contributed by atoms with Gasteiger partial charge in [-0.1, -0.05) is 48.9 Å². The van der Waals surface area contributed by atoms with E-state index in [4.69, 9.17) is 16.3 Å². The lowest BCUT2D eigenvalue weighted by Crippen LogP contribution is -2.56. The maximum Gasteiger partial charge on any atom is 0.250 e. The number of rotatable bonds is 7. The lowest BCUT2D eigenvalue weighted by Gasteiger charge is -2.36. The van der Waals surface area contributed by atoms with E-state index in [0.717, 1.165) is 0 Å². The van der Waals surface area contributed by atoms with Gasteiger partial charge in [0.15, 0.2) is 0 Å². The van der Waals surface area contributed by atoms with Crippen LogP contribution in [-0.2, 0) is 19.1 Å². The van der Waals surface area contributed by atoms with Gasteiger partial charge >= 0.3 is 0 Å². The number of aliphatic hydroxyl groups excluding tert-OH is 1. The number of nitrogens with zero attached hydrogens (tertiary/aromatic N) is 1. The van der Waals surface area contributed by atoms with Crippen molar-refractivity contribution in [1.29, 1.82) is 0 Å². The third kappa shape index (κ3) is 3.80. The molecule has 3 amide bonds. The fraction of sp³-hybridized carbons (Fsp3) is 0.423. The van der Waals surface area contributed by atoms with Crippen molar-refractivity contribution in [1.82, 2.24) is 4.90 Å². The number of fused-ring (bicyclic) bond motifs is 1. The molecule has 6 atom stereocenters. The molecule has 1 spiro atoms. The van der Waals surface area contributed by atoms with E-state index in [1.807, 2.05) is 25.1 Å². The van der Waals surface area contributed by atoms with Crippen molar-refractivity contribution >= 4 is 40.7 Å². The number of nitrogens with one attached hydrogen (secondary N) is 2. The summed E-state index contributed by atoms with van der Waals surface area (Å²) in [6.07, 6.45) is 1.03. The molecule has 3 heterocycles. The second-order valence-corrected chi connectivity index (χ2v) is 9.78. The molecule has 3 aliphatic rings. The predicted molar refractivity (Wildman–Crippen MR) is 131 cm³/mol. The molecule has 3 aliphatic heterocycles. The Balaban J connectivity index is 1.51. The predicted octanol–water partition coefficient (Wildman–Crippen LogP) is 3.06. The number of benzene rings is 2. The Morgan fingerprint density at radius 2 is 1.86 bits per heavy atom. The summed E-state index contributed by atoms with van der Waals surface area (Å²) in [7, 11) is 0. The largest absolute Gasteiger partial charge is 0.394 e. The van der Waals surface area contributed by atoms with Gasteiger partial charge in [-0.2, -0.15) is 0 Å². The van der Waals surface area contributed by atoms with E-state index in [2.05, 4.69) is 10.6 Å². The van der Waals surface area contributed by atoms with Crippen molar-refractivity contribution in [2.45, 2.75) is 50.0 Å². The van der Waals surface area contributed by atoms with Gasteiger partial charge in [0.1, 0.15) is 11.6 Å². The van der Waals surface area contributed by atoms with Crippen LogP contribution in [0.5, 0.6) is 0 Å². The van der Waals surface area contributed by atoms with Gasteiger partial charge in [-0.25, -0.2) is 0 Å². The number of hydrogen-bond donors (Lipinski definition) is 3. The van der Waals surface area contributed by atoms with E-state index in [0.29, 0.717) is 35.7 Å². The second-order valence-electron chi connectivity index (χ2n) is 9.37. The van der Waals surface area contributed by atoms with E-state index in [1.165, 1.54) is 4.90 Å². The molecule has 0 saturated carbocycles.